The first-order chi connectivity index (χ1) is 10.4. The summed E-state index contributed by atoms with van der Waals surface area (Å²) in [7, 11) is 0. The van der Waals surface area contributed by atoms with Crippen molar-refractivity contribution in [3.63, 3.8) is 0 Å². The minimum absolute atomic E-state index is 0.0208. The van der Waals surface area contributed by atoms with E-state index in [1.807, 2.05) is 6.92 Å². The molecule has 5 nitrogen and oxygen atoms in total. The van der Waals surface area contributed by atoms with Crippen LogP contribution >= 0.6 is 11.3 Å². The van der Waals surface area contributed by atoms with Gasteiger partial charge < -0.3 is 20.1 Å². The van der Waals surface area contributed by atoms with E-state index in [-0.39, 0.29) is 18.1 Å². The Bertz CT molecular complexity index is 515. The van der Waals surface area contributed by atoms with E-state index in [2.05, 4.69) is 25.2 Å². The van der Waals surface area contributed by atoms with Gasteiger partial charge in [0.1, 0.15) is 0 Å². The van der Waals surface area contributed by atoms with E-state index in [9.17, 15) is 9.90 Å². The molecular formula is C16H26N2O3S. The predicted octanol–water partition coefficient (Wildman–Crippen LogP) is 2.61. The van der Waals surface area contributed by atoms with E-state index < -0.39 is 6.10 Å². The van der Waals surface area contributed by atoms with Crippen molar-refractivity contribution in [3.05, 3.63) is 21.4 Å². The summed E-state index contributed by atoms with van der Waals surface area (Å²) in [5.41, 5.74) is 1.18. The molecule has 2 amide bonds. The molecule has 0 aliphatic carbocycles. The van der Waals surface area contributed by atoms with Crippen molar-refractivity contribution in [1.82, 2.24) is 10.2 Å². The average molecular weight is 326 g/mol. The highest BCUT2D eigenvalue weighted by molar-refractivity contribution is 7.12. The predicted molar refractivity (Wildman–Crippen MR) is 88.4 cm³/mol. The number of hydrogen-bond donors (Lipinski definition) is 2. The lowest BCUT2D eigenvalue weighted by Gasteiger charge is -2.37. The minimum Gasteiger partial charge on any atom is -0.393 e. The van der Waals surface area contributed by atoms with Crippen LogP contribution in [0.2, 0.25) is 0 Å². The molecule has 2 heterocycles. The first-order valence-electron chi connectivity index (χ1n) is 7.78. The number of rotatable bonds is 4. The number of aliphatic hydroxyl groups is 1. The zero-order chi connectivity index (χ0) is 16.3. The smallest absolute Gasteiger partial charge is 0.318 e. The van der Waals surface area contributed by atoms with E-state index in [4.69, 9.17) is 4.74 Å². The fraction of sp³-hybridized carbons (Fsp3) is 0.688. The molecule has 0 spiro atoms. The van der Waals surface area contributed by atoms with Gasteiger partial charge in [0.15, 0.2) is 0 Å². The number of morpholine rings is 1. The molecule has 0 aromatic carbocycles. The fourth-order valence-corrected chi connectivity index (χ4v) is 3.96. The van der Waals surface area contributed by atoms with Crippen molar-refractivity contribution in [2.24, 2.45) is 0 Å². The van der Waals surface area contributed by atoms with Gasteiger partial charge in [0.25, 0.3) is 0 Å². The first-order valence-corrected chi connectivity index (χ1v) is 8.60. The lowest BCUT2D eigenvalue weighted by Crippen LogP contribution is -2.53. The molecule has 0 bridgehead atoms. The van der Waals surface area contributed by atoms with Gasteiger partial charge in [-0.1, -0.05) is 0 Å². The number of nitrogens with one attached hydrogen (secondary N) is 1. The molecule has 3 atom stereocenters. The van der Waals surface area contributed by atoms with Crippen molar-refractivity contribution in [1.29, 1.82) is 0 Å². The Hall–Kier alpha value is -1.11. The third-order valence-corrected chi connectivity index (χ3v) is 4.97. The maximum Gasteiger partial charge on any atom is 0.318 e. The molecule has 1 aliphatic heterocycles. The Labute approximate surface area is 136 Å². The van der Waals surface area contributed by atoms with Crippen molar-refractivity contribution >= 4 is 17.4 Å². The Balaban J connectivity index is 2.01. The third kappa shape index (κ3) is 4.21. The number of carbonyl (C=O) groups is 1. The molecule has 124 valence electrons. The molecule has 6 heteroatoms. The van der Waals surface area contributed by atoms with Crippen LogP contribution in [0, 0.1) is 13.8 Å². The van der Waals surface area contributed by atoms with E-state index >= 15 is 0 Å². The summed E-state index contributed by atoms with van der Waals surface area (Å²) in [6.45, 7) is 9.52. The van der Waals surface area contributed by atoms with Gasteiger partial charge in [-0.3, -0.25) is 0 Å². The van der Waals surface area contributed by atoms with Crippen LogP contribution in [0.4, 0.5) is 4.79 Å². The maximum absolute atomic E-state index is 12.6. The standard InChI is InChI=1S/C16H26N2O3S/c1-10(19)7-14-9-21-6-5-18(14)16(20)17-12(3)15-8-11(2)22-13(15)4/h8,10,12,14,19H,5-7,9H2,1-4H3,(H,17,20)/t10-,12+,14-/m1/s1. The van der Waals surface area contributed by atoms with Crippen molar-refractivity contribution in [2.45, 2.75) is 52.3 Å². The second-order valence-electron chi connectivity index (χ2n) is 6.05. The number of aliphatic hydroxyl groups excluding tert-OH is 1. The number of ether oxygens (including phenoxy) is 1. The topological polar surface area (TPSA) is 61.8 Å². The number of nitrogens with zero attached hydrogens (tertiary/aromatic N) is 1. The van der Waals surface area contributed by atoms with Crippen LogP contribution in [0.1, 0.15) is 41.6 Å². The molecular weight excluding hydrogens is 300 g/mol. The van der Waals surface area contributed by atoms with Gasteiger partial charge in [0, 0.05) is 16.3 Å². The number of thiophene rings is 1. The highest BCUT2D eigenvalue weighted by Crippen LogP contribution is 2.26. The van der Waals surface area contributed by atoms with Crippen molar-refractivity contribution in [3.8, 4) is 0 Å². The largest absolute Gasteiger partial charge is 0.393 e. The molecule has 2 rings (SSSR count). The maximum atomic E-state index is 12.6. The Morgan fingerprint density at radius 1 is 1.55 bits per heavy atom. The molecule has 1 aliphatic rings. The number of hydrogen-bond acceptors (Lipinski definition) is 4. The molecule has 22 heavy (non-hydrogen) atoms. The second-order valence-corrected chi connectivity index (χ2v) is 7.51. The van der Waals surface area contributed by atoms with Crippen LogP contribution in [0.3, 0.4) is 0 Å². The van der Waals surface area contributed by atoms with E-state index in [1.165, 1.54) is 15.3 Å². The van der Waals surface area contributed by atoms with Crippen LogP contribution < -0.4 is 5.32 Å². The minimum atomic E-state index is -0.443. The zero-order valence-corrected chi connectivity index (χ0v) is 14.6. The van der Waals surface area contributed by atoms with Crippen LogP contribution in [0.5, 0.6) is 0 Å². The molecule has 0 saturated carbocycles. The second kappa shape index (κ2) is 7.44. The lowest BCUT2D eigenvalue weighted by molar-refractivity contribution is -0.00474. The highest BCUT2D eigenvalue weighted by atomic mass is 32.1. The van der Waals surface area contributed by atoms with E-state index in [0.29, 0.717) is 26.2 Å². The van der Waals surface area contributed by atoms with E-state index in [1.54, 1.807) is 23.2 Å². The zero-order valence-electron chi connectivity index (χ0n) is 13.8. The van der Waals surface area contributed by atoms with Gasteiger partial charge >= 0.3 is 6.03 Å². The van der Waals surface area contributed by atoms with Gasteiger partial charge in [-0.25, -0.2) is 4.79 Å². The van der Waals surface area contributed by atoms with Crippen molar-refractivity contribution in [2.75, 3.05) is 19.8 Å². The van der Waals surface area contributed by atoms with Crippen molar-refractivity contribution < 1.29 is 14.6 Å². The Morgan fingerprint density at radius 2 is 2.27 bits per heavy atom. The number of amides is 2. The van der Waals surface area contributed by atoms with Crippen LogP contribution in [-0.4, -0.2) is 47.9 Å². The SMILES string of the molecule is Cc1cc([C@H](C)NC(=O)N2CCOC[C@H]2C[C@@H](C)O)c(C)s1. The molecule has 0 radical (unpaired) electrons. The molecule has 1 aromatic rings. The number of urea groups is 1. The van der Waals surface area contributed by atoms with Crippen LogP contribution in [0.25, 0.3) is 0 Å². The summed E-state index contributed by atoms with van der Waals surface area (Å²) in [5, 5.41) is 12.7. The third-order valence-electron chi connectivity index (χ3n) is 3.99. The molecule has 2 N–H and O–H groups in total. The summed E-state index contributed by atoms with van der Waals surface area (Å²) in [6, 6.07) is 1.97. The molecule has 1 aromatic heterocycles. The average Bonchev–Trinajstić information content (AvgIpc) is 2.77. The van der Waals surface area contributed by atoms with Crippen LogP contribution in [0.15, 0.2) is 6.07 Å². The van der Waals surface area contributed by atoms with E-state index in [0.717, 1.165) is 0 Å². The monoisotopic (exact) mass is 326 g/mol. The quantitative estimate of drug-likeness (QED) is 0.894. The number of carbonyl (C=O) groups excluding carboxylic acids is 1. The normalized spacial score (nSPS) is 21.5. The summed E-state index contributed by atoms with van der Waals surface area (Å²) >= 11 is 1.75. The lowest BCUT2D eigenvalue weighted by atomic mass is 10.1. The Kier molecular flexibility index (Phi) is 5.83. The first kappa shape index (κ1) is 17.2. The molecule has 1 saturated heterocycles. The summed E-state index contributed by atoms with van der Waals surface area (Å²) in [4.78, 5) is 16.9. The Morgan fingerprint density at radius 3 is 2.86 bits per heavy atom. The molecule has 1 fully saturated rings. The summed E-state index contributed by atoms with van der Waals surface area (Å²) in [5.74, 6) is 0. The van der Waals surface area contributed by atoms with Gasteiger partial charge in [-0.05, 0) is 45.7 Å². The van der Waals surface area contributed by atoms with Gasteiger partial charge in [0.2, 0.25) is 0 Å². The highest BCUT2D eigenvalue weighted by Gasteiger charge is 2.29. The van der Waals surface area contributed by atoms with Gasteiger partial charge in [0.05, 0.1) is 31.4 Å². The van der Waals surface area contributed by atoms with Gasteiger partial charge in [-0.15, -0.1) is 11.3 Å². The summed E-state index contributed by atoms with van der Waals surface area (Å²) in [6.07, 6.45) is 0.0967. The van der Waals surface area contributed by atoms with Gasteiger partial charge in [-0.2, -0.15) is 0 Å². The summed E-state index contributed by atoms with van der Waals surface area (Å²) < 4.78 is 5.44. The molecule has 0 unspecified atom stereocenters. The number of aryl methyl sites for hydroxylation is 2. The van der Waals surface area contributed by atoms with Crippen LogP contribution in [-0.2, 0) is 4.74 Å². The fourth-order valence-electron chi connectivity index (χ4n) is 2.94.